The van der Waals surface area contributed by atoms with Crippen LogP contribution in [0.15, 0.2) is 0 Å². The highest BCUT2D eigenvalue weighted by molar-refractivity contribution is 5.95. The number of hydrogen-bond donors (Lipinski definition) is 0. The summed E-state index contributed by atoms with van der Waals surface area (Å²) in [6.45, 7) is 3.25. The average Bonchev–Trinajstić information content (AvgIpc) is 2.76. The van der Waals surface area contributed by atoms with E-state index in [1.54, 1.807) is 4.90 Å². The average molecular weight is 208 g/mol. The van der Waals surface area contributed by atoms with Crippen molar-refractivity contribution in [1.82, 2.24) is 9.80 Å². The van der Waals surface area contributed by atoms with Crippen LogP contribution in [0.3, 0.4) is 0 Å². The molecule has 3 atom stereocenters. The lowest BCUT2D eigenvalue weighted by Gasteiger charge is -2.36. The molecule has 3 rings (SSSR count). The molecule has 82 valence electrons. The molecule has 2 aliphatic heterocycles. The minimum absolute atomic E-state index is 0.126. The van der Waals surface area contributed by atoms with E-state index in [0.29, 0.717) is 18.5 Å². The molecule has 3 unspecified atom stereocenters. The van der Waals surface area contributed by atoms with E-state index in [2.05, 4.69) is 6.92 Å². The molecule has 0 spiro atoms. The minimum atomic E-state index is -0.126. The van der Waals surface area contributed by atoms with E-state index in [4.69, 9.17) is 0 Å². The van der Waals surface area contributed by atoms with Gasteiger partial charge < -0.3 is 9.80 Å². The van der Waals surface area contributed by atoms with Gasteiger partial charge in [-0.25, -0.2) is 0 Å². The Morgan fingerprint density at radius 2 is 2.00 bits per heavy atom. The quantitative estimate of drug-likeness (QED) is 0.619. The van der Waals surface area contributed by atoms with E-state index >= 15 is 0 Å². The summed E-state index contributed by atoms with van der Waals surface area (Å²) >= 11 is 0. The molecule has 2 amide bonds. The molecule has 1 saturated carbocycles. The van der Waals surface area contributed by atoms with Gasteiger partial charge in [0.25, 0.3) is 0 Å². The Bertz CT molecular complexity index is 329. The first-order valence-electron chi connectivity index (χ1n) is 5.78. The van der Waals surface area contributed by atoms with E-state index in [9.17, 15) is 9.59 Å². The van der Waals surface area contributed by atoms with Crippen LogP contribution < -0.4 is 0 Å². The SMILES string of the molecule is CC1CC1N1CC(=O)N2CCCC2C1=O. The highest BCUT2D eigenvalue weighted by Crippen LogP contribution is 2.38. The van der Waals surface area contributed by atoms with Gasteiger partial charge in [0.1, 0.15) is 12.6 Å². The lowest BCUT2D eigenvalue weighted by atomic mass is 10.1. The molecule has 0 N–H and O–H groups in total. The fourth-order valence-corrected chi connectivity index (χ4v) is 2.85. The van der Waals surface area contributed by atoms with Crippen molar-refractivity contribution in [3.8, 4) is 0 Å². The molecular formula is C11H16N2O2. The fraction of sp³-hybridized carbons (Fsp3) is 0.818. The molecule has 0 bridgehead atoms. The summed E-state index contributed by atoms with van der Waals surface area (Å²) < 4.78 is 0. The Morgan fingerprint density at radius 1 is 1.27 bits per heavy atom. The van der Waals surface area contributed by atoms with Gasteiger partial charge in [0.05, 0.1) is 0 Å². The van der Waals surface area contributed by atoms with Crippen LogP contribution in [0.2, 0.25) is 0 Å². The topological polar surface area (TPSA) is 40.6 Å². The predicted molar refractivity (Wildman–Crippen MR) is 54.0 cm³/mol. The maximum absolute atomic E-state index is 12.1. The first kappa shape index (κ1) is 9.19. The van der Waals surface area contributed by atoms with Crippen LogP contribution in [0.5, 0.6) is 0 Å². The fourth-order valence-electron chi connectivity index (χ4n) is 2.85. The number of piperazine rings is 1. The van der Waals surface area contributed by atoms with Crippen LogP contribution >= 0.6 is 0 Å². The third-order valence-electron chi connectivity index (χ3n) is 3.91. The normalized spacial score (nSPS) is 39.7. The van der Waals surface area contributed by atoms with Crippen LogP contribution in [-0.2, 0) is 9.59 Å². The highest BCUT2D eigenvalue weighted by Gasteiger charge is 2.49. The third kappa shape index (κ3) is 1.27. The minimum Gasteiger partial charge on any atom is -0.329 e. The Balaban J connectivity index is 1.82. The van der Waals surface area contributed by atoms with E-state index in [1.807, 2.05) is 4.90 Å². The van der Waals surface area contributed by atoms with Gasteiger partial charge >= 0.3 is 0 Å². The molecule has 4 heteroatoms. The second-order valence-corrected chi connectivity index (χ2v) is 4.99. The molecule has 4 nitrogen and oxygen atoms in total. The molecule has 3 aliphatic rings. The van der Waals surface area contributed by atoms with Gasteiger partial charge in [0.2, 0.25) is 11.8 Å². The molecule has 2 saturated heterocycles. The number of nitrogens with zero attached hydrogens (tertiary/aromatic N) is 2. The van der Waals surface area contributed by atoms with Gasteiger partial charge in [0.15, 0.2) is 0 Å². The Kier molecular flexibility index (Phi) is 1.82. The second kappa shape index (κ2) is 2.97. The Hall–Kier alpha value is -1.06. The summed E-state index contributed by atoms with van der Waals surface area (Å²) in [5, 5.41) is 0. The van der Waals surface area contributed by atoms with Crippen LogP contribution in [0.4, 0.5) is 0 Å². The van der Waals surface area contributed by atoms with Crippen molar-refractivity contribution in [2.24, 2.45) is 5.92 Å². The van der Waals surface area contributed by atoms with Crippen molar-refractivity contribution >= 4 is 11.8 Å². The molecule has 1 aliphatic carbocycles. The number of carbonyl (C=O) groups is 2. The maximum Gasteiger partial charge on any atom is 0.246 e. The van der Waals surface area contributed by atoms with E-state index in [-0.39, 0.29) is 17.9 Å². The van der Waals surface area contributed by atoms with Crippen molar-refractivity contribution in [3.05, 3.63) is 0 Å². The van der Waals surface area contributed by atoms with Crippen LogP contribution in [-0.4, -0.2) is 46.8 Å². The van der Waals surface area contributed by atoms with Crippen molar-refractivity contribution in [3.63, 3.8) is 0 Å². The smallest absolute Gasteiger partial charge is 0.246 e. The summed E-state index contributed by atoms with van der Waals surface area (Å²) in [4.78, 5) is 27.5. The van der Waals surface area contributed by atoms with Gasteiger partial charge in [-0.1, -0.05) is 6.92 Å². The van der Waals surface area contributed by atoms with Crippen LogP contribution in [0, 0.1) is 5.92 Å². The van der Waals surface area contributed by atoms with Gasteiger partial charge in [0, 0.05) is 12.6 Å². The lowest BCUT2D eigenvalue weighted by molar-refractivity contribution is -0.154. The first-order chi connectivity index (χ1) is 7.18. The number of rotatable bonds is 1. The molecule has 2 heterocycles. The van der Waals surface area contributed by atoms with Crippen LogP contribution in [0.1, 0.15) is 26.2 Å². The van der Waals surface area contributed by atoms with E-state index < -0.39 is 0 Å². The standard InChI is InChI=1S/C11H16N2O2/c1-7-5-9(7)13-6-10(14)12-4-2-3-8(12)11(13)15/h7-9H,2-6H2,1H3. The molecule has 15 heavy (non-hydrogen) atoms. The van der Waals surface area contributed by atoms with E-state index in [0.717, 1.165) is 25.8 Å². The van der Waals surface area contributed by atoms with E-state index in [1.165, 1.54) is 0 Å². The number of amides is 2. The predicted octanol–water partition coefficient (Wildman–Crippen LogP) is 0.228. The zero-order valence-corrected chi connectivity index (χ0v) is 8.98. The molecule has 0 aromatic heterocycles. The van der Waals surface area contributed by atoms with Gasteiger partial charge in [-0.15, -0.1) is 0 Å². The highest BCUT2D eigenvalue weighted by atomic mass is 16.2. The second-order valence-electron chi connectivity index (χ2n) is 4.99. The molecule has 3 fully saturated rings. The van der Waals surface area contributed by atoms with Gasteiger partial charge in [-0.2, -0.15) is 0 Å². The van der Waals surface area contributed by atoms with Crippen molar-refractivity contribution in [2.45, 2.75) is 38.3 Å². The number of carbonyl (C=O) groups excluding carboxylic acids is 2. The Labute approximate surface area is 89.2 Å². The molecular weight excluding hydrogens is 192 g/mol. The summed E-state index contributed by atoms with van der Waals surface area (Å²) in [6, 6.07) is 0.225. The first-order valence-corrected chi connectivity index (χ1v) is 5.78. The molecule has 0 radical (unpaired) electrons. The summed E-state index contributed by atoms with van der Waals surface area (Å²) in [7, 11) is 0. The van der Waals surface area contributed by atoms with Gasteiger partial charge in [-0.05, 0) is 25.2 Å². The third-order valence-corrected chi connectivity index (χ3v) is 3.91. The lowest BCUT2D eigenvalue weighted by Crippen LogP contribution is -2.58. The van der Waals surface area contributed by atoms with Crippen molar-refractivity contribution in [2.75, 3.05) is 13.1 Å². The van der Waals surface area contributed by atoms with Crippen molar-refractivity contribution in [1.29, 1.82) is 0 Å². The summed E-state index contributed by atoms with van der Waals surface area (Å²) in [5.41, 5.74) is 0. The molecule has 0 aromatic rings. The largest absolute Gasteiger partial charge is 0.329 e. The zero-order valence-electron chi connectivity index (χ0n) is 8.98. The van der Waals surface area contributed by atoms with Gasteiger partial charge in [-0.3, -0.25) is 9.59 Å². The van der Waals surface area contributed by atoms with Crippen molar-refractivity contribution < 1.29 is 9.59 Å². The number of hydrogen-bond acceptors (Lipinski definition) is 2. The maximum atomic E-state index is 12.1. The number of fused-ring (bicyclic) bond motifs is 1. The molecule has 0 aromatic carbocycles. The zero-order chi connectivity index (χ0) is 10.6. The monoisotopic (exact) mass is 208 g/mol. The summed E-state index contributed by atoms with van der Waals surface area (Å²) in [6.07, 6.45) is 2.92. The Morgan fingerprint density at radius 3 is 2.67 bits per heavy atom. The van der Waals surface area contributed by atoms with Crippen LogP contribution in [0.25, 0.3) is 0 Å². The summed E-state index contributed by atoms with van der Waals surface area (Å²) in [5.74, 6) is 0.937.